The summed E-state index contributed by atoms with van der Waals surface area (Å²) in [7, 11) is -0.297. The van der Waals surface area contributed by atoms with Crippen LogP contribution in [0.3, 0.4) is 0 Å². The first-order valence-corrected chi connectivity index (χ1v) is 19.3. The van der Waals surface area contributed by atoms with Gasteiger partial charge in [-0.1, -0.05) is 73.1 Å². The molecule has 0 aromatic heterocycles. The van der Waals surface area contributed by atoms with Crippen molar-refractivity contribution in [2.24, 2.45) is 0 Å². The molecule has 7 heteroatoms. The topological polar surface area (TPSA) is 9.72 Å². The van der Waals surface area contributed by atoms with Crippen molar-refractivity contribution < 1.29 is 16.8 Å². The molecule has 0 saturated heterocycles. The van der Waals surface area contributed by atoms with E-state index in [0.717, 1.165) is 6.54 Å². The summed E-state index contributed by atoms with van der Waals surface area (Å²) in [4.78, 5) is 2.35. The standard InChI is InChI=1S/C18H47N3Si3.Co/c1-17(2,3)24(14,15)20(18(4,5)16-19(6)7)21(22(8,9)10)23(11,12)13;/h16H2,1-15H3;. The number of rotatable bonds is 7. The predicted molar refractivity (Wildman–Crippen MR) is 120 cm³/mol. The van der Waals surface area contributed by atoms with Crippen molar-refractivity contribution >= 4 is 24.7 Å². The van der Waals surface area contributed by atoms with Crippen molar-refractivity contribution in [2.75, 3.05) is 20.6 Å². The third-order valence-corrected chi connectivity index (χ3v) is 18.0. The van der Waals surface area contributed by atoms with Crippen LogP contribution in [0.4, 0.5) is 0 Å². The van der Waals surface area contributed by atoms with Crippen LogP contribution < -0.4 is 0 Å². The molecule has 0 N–H and O–H groups in total. The Morgan fingerprint density at radius 1 is 0.680 bits per heavy atom. The second kappa shape index (κ2) is 8.59. The monoisotopic (exact) mass is 448 g/mol. The fourth-order valence-electron chi connectivity index (χ4n) is 4.04. The largest absolute Gasteiger partial charge is 0.308 e. The molecule has 0 bridgehead atoms. The van der Waals surface area contributed by atoms with Gasteiger partial charge >= 0.3 is 0 Å². The first kappa shape index (κ1) is 28.2. The molecule has 0 aromatic rings. The van der Waals surface area contributed by atoms with Crippen LogP contribution in [0.5, 0.6) is 0 Å². The average molecular weight is 449 g/mol. The molecule has 0 rings (SSSR count). The molecule has 0 fully saturated rings. The maximum atomic E-state index is 2.96. The summed E-state index contributed by atoms with van der Waals surface area (Å²) < 4.78 is 5.90. The van der Waals surface area contributed by atoms with Crippen molar-refractivity contribution in [3.63, 3.8) is 0 Å². The zero-order valence-electron chi connectivity index (χ0n) is 19.9. The molecule has 0 aliphatic carbocycles. The van der Waals surface area contributed by atoms with Gasteiger partial charge in [-0.2, -0.15) is 0 Å². The molecule has 0 saturated carbocycles. The Kier molecular flexibility index (Phi) is 9.71. The molecule has 25 heavy (non-hydrogen) atoms. The maximum absolute atomic E-state index is 2.96. The number of hydrogen-bond donors (Lipinski definition) is 0. The Balaban J connectivity index is 0. The van der Waals surface area contributed by atoms with Crippen LogP contribution in [0.2, 0.25) is 57.4 Å². The molecular formula is C18H47CoN3Si3. The van der Waals surface area contributed by atoms with Gasteiger partial charge in [0.25, 0.3) is 0 Å². The van der Waals surface area contributed by atoms with Crippen LogP contribution in [-0.2, 0) is 16.8 Å². The summed E-state index contributed by atoms with van der Waals surface area (Å²) in [6.07, 6.45) is 0. The molecule has 0 atom stereocenters. The Bertz CT molecular complexity index is 405. The molecule has 0 aromatic carbocycles. The van der Waals surface area contributed by atoms with E-state index in [-0.39, 0.29) is 22.3 Å². The minimum atomic E-state index is -1.72. The van der Waals surface area contributed by atoms with Gasteiger partial charge in [-0.25, -0.2) is 0 Å². The Morgan fingerprint density at radius 3 is 1.20 bits per heavy atom. The molecule has 0 aliphatic rings. The van der Waals surface area contributed by atoms with Crippen LogP contribution in [-0.4, -0.2) is 64.8 Å². The summed E-state index contributed by atoms with van der Waals surface area (Å²) in [5, 5.41) is 0.328. The van der Waals surface area contributed by atoms with E-state index in [9.17, 15) is 0 Å². The van der Waals surface area contributed by atoms with Gasteiger partial charge in [0.1, 0.15) is 24.7 Å². The predicted octanol–water partition coefficient (Wildman–Crippen LogP) is 5.52. The quantitative estimate of drug-likeness (QED) is 0.375. The van der Waals surface area contributed by atoms with Crippen LogP contribution >= 0.6 is 0 Å². The van der Waals surface area contributed by atoms with E-state index < -0.39 is 24.7 Å². The average Bonchev–Trinajstić information content (AvgIpc) is 2.17. The van der Waals surface area contributed by atoms with Crippen LogP contribution in [0.15, 0.2) is 0 Å². The van der Waals surface area contributed by atoms with Crippen molar-refractivity contribution in [1.82, 2.24) is 13.9 Å². The van der Waals surface area contributed by atoms with E-state index in [4.69, 9.17) is 0 Å². The fourth-order valence-corrected chi connectivity index (χ4v) is 19.9. The number of likely N-dealkylation sites (N-methyl/N-ethyl adjacent to an activating group) is 1. The second-order valence-corrected chi connectivity index (χ2v) is 26.8. The van der Waals surface area contributed by atoms with E-state index >= 15 is 0 Å². The normalized spacial score (nSPS) is 15.1. The van der Waals surface area contributed by atoms with Gasteiger partial charge in [0.2, 0.25) is 0 Å². The molecular weight excluding hydrogens is 401 g/mol. The van der Waals surface area contributed by atoms with Gasteiger partial charge in [-0.05, 0) is 33.0 Å². The number of hydrazine groups is 1. The minimum Gasteiger partial charge on any atom is -0.308 e. The van der Waals surface area contributed by atoms with Gasteiger partial charge < -0.3 is 4.90 Å². The van der Waals surface area contributed by atoms with Crippen molar-refractivity contribution in [3.05, 3.63) is 0 Å². The van der Waals surface area contributed by atoms with Crippen molar-refractivity contribution in [1.29, 1.82) is 0 Å². The summed E-state index contributed by atoms with van der Waals surface area (Å²) in [5.41, 5.74) is 0.132. The minimum absolute atomic E-state index is 0. The summed E-state index contributed by atoms with van der Waals surface area (Å²) in [5.74, 6) is 0. The van der Waals surface area contributed by atoms with Gasteiger partial charge in [0.15, 0.2) is 0 Å². The van der Waals surface area contributed by atoms with E-state index in [2.05, 4.69) is 115 Å². The van der Waals surface area contributed by atoms with Crippen molar-refractivity contribution in [3.8, 4) is 0 Å². The molecule has 0 spiro atoms. The molecule has 1 radical (unpaired) electrons. The SMILES string of the molecule is CN(C)CC(C)(C)N(N([Si](C)(C)C)[Si](C)(C)C)[Si](C)(C)C(C)(C)C.[Co]. The molecule has 155 valence electrons. The Hall–Kier alpha value is 1.04. The van der Waals surface area contributed by atoms with Crippen LogP contribution in [0, 0.1) is 0 Å². The van der Waals surface area contributed by atoms with Crippen molar-refractivity contribution in [2.45, 2.75) is 97.6 Å². The fraction of sp³-hybridized carbons (Fsp3) is 1.00. The van der Waals surface area contributed by atoms with Gasteiger partial charge in [-0.15, -0.1) is 0 Å². The Labute approximate surface area is 173 Å². The molecule has 0 amide bonds. The third kappa shape index (κ3) is 7.17. The third-order valence-electron chi connectivity index (χ3n) is 5.11. The Morgan fingerprint density at radius 2 is 1.00 bits per heavy atom. The molecule has 3 nitrogen and oxygen atoms in total. The first-order valence-electron chi connectivity index (χ1n) is 9.41. The van der Waals surface area contributed by atoms with E-state index in [0.29, 0.717) is 5.04 Å². The first-order chi connectivity index (χ1) is 10.2. The molecule has 0 unspecified atom stereocenters. The summed E-state index contributed by atoms with van der Waals surface area (Å²) >= 11 is 0. The second-order valence-electron chi connectivity index (χ2n) is 11.8. The number of hydrogen-bond acceptors (Lipinski definition) is 3. The molecule has 0 heterocycles. The van der Waals surface area contributed by atoms with Crippen LogP contribution in [0.1, 0.15) is 34.6 Å². The smallest absolute Gasteiger partial charge is 0.144 e. The van der Waals surface area contributed by atoms with Gasteiger partial charge in [0, 0.05) is 28.9 Å². The maximum Gasteiger partial charge on any atom is 0.144 e. The van der Waals surface area contributed by atoms with E-state index in [1.165, 1.54) is 0 Å². The van der Waals surface area contributed by atoms with E-state index in [1.807, 2.05) is 0 Å². The van der Waals surface area contributed by atoms with Gasteiger partial charge in [0.05, 0.1) is 0 Å². The summed E-state index contributed by atoms with van der Waals surface area (Å²) in [6, 6.07) is 0. The number of nitrogens with zero attached hydrogens (tertiary/aromatic N) is 3. The van der Waals surface area contributed by atoms with Crippen LogP contribution in [0.25, 0.3) is 0 Å². The molecule has 0 aliphatic heterocycles. The van der Waals surface area contributed by atoms with E-state index in [1.54, 1.807) is 0 Å². The zero-order valence-corrected chi connectivity index (χ0v) is 23.9. The summed E-state index contributed by atoms with van der Waals surface area (Å²) in [6.45, 7) is 33.7. The zero-order chi connectivity index (χ0) is 19.9. The van der Waals surface area contributed by atoms with Gasteiger partial charge in [-0.3, -0.25) is 9.01 Å².